The van der Waals surface area contributed by atoms with Crippen LogP contribution >= 0.6 is 0 Å². The van der Waals surface area contributed by atoms with E-state index in [0.717, 1.165) is 11.1 Å². The lowest BCUT2D eigenvalue weighted by Crippen LogP contribution is -2.16. The van der Waals surface area contributed by atoms with Crippen LogP contribution in [0.15, 0.2) is 61.3 Å². The number of nitrogens with one attached hydrogen (secondary N) is 1. The molecule has 4 rings (SSSR count). The number of carbonyl (C=O) groups is 1. The maximum Gasteiger partial charge on any atom is 0.293 e. The highest BCUT2D eigenvalue weighted by molar-refractivity contribution is 6.03. The fraction of sp³-hybridized carbons (Fsp3) is 0.100. The van der Waals surface area contributed by atoms with Crippen LogP contribution in [0.25, 0.3) is 22.6 Å². The van der Waals surface area contributed by atoms with Crippen LogP contribution in [0.5, 0.6) is 0 Å². The molecule has 4 aromatic heterocycles. The van der Waals surface area contributed by atoms with Crippen molar-refractivity contribution in [2.75, 3.05) is 5.32 Å². The maximum atomic E-state index is 12.7. The molecule has 0 spiro atoms. The number of amides is 1. The minimum absolute atomic E-state index is 0.0647. The lowest BCUT2D eigenvalue weighted by atomic mass is 10.1. The Bertz CT molecular complexity index is 1140. The fourth-order valence-corrected chi connectivity index (χ4v) is 2.77. The molecule has 8 nitrogen and oxygen atoms in total. The van der Waals surface area contributed by atoms with Gasteiger partial charge in [-0.25, -0.2) is 9.97 Å². The van der Waals surface area contributed by atoms with Crippen LogP contribution in [0.4, 0.5) is 5.69 Å². The third-order valence-electron chi connectivity index (χ3n) is 4.01. The largest absolute Gasteiger partial charge is 0.316 e. The van der Waals surface area contributed by atoms with Gasteiger partial charge in [0.2, 0.25) is 5.82 Å². The molecule has 0 atom stereocenters. The third-order valence-corrected chi connectivity index (χ3v) is 4.01. The van der Waals surface area contributed by atoms with Gasteiger partial charge in [0.15, 0.2) is 0 Å². The average molecular weight is 371 g/mol. The summed E-state index contributed by atoms with van der Waals surface area (Å²) in [6, 6.07) is 9.23. The summed E-state index contributed by atoms with van der Waals surface area (Å²) in [5, 5.41) is 7.23. The minimum Gasteiger partial charge on any atom is -0.316 e. The van der Waals surface area contributed by atoms with Gasteiger partial charge in [-0.2, -0.15) is 5.10 Å². The van der Waals surface area contributed by atoms with Crippen molar-refractivity contribution in [3.8, 4) is 22.6 Å². The van der Waals surface area contributed by atoms with Gasteiger partial charge in [0.05, 0.1) is 17.1 Å². The molecule has 0 saturated carbocycles. The molecule has 0 radical (unpaired) electrons. The zero-order chi connectivity index (χ0) is 19.5. The van der Waals surface area contributed by atoms with Crippen molar-refractivity contribution in [1.29, 1.82) is 0 Å². The van der Waals surface area contributed by atoms with E-state index in [4.69, 9.17) is 0 Å². The van der Waals surface area contributed by atoms with Crippen LogP contribution in [0.1, 0.15) is 16.2 Å². The van der Waals surface area contributed by atoms with Crippen molar-refractivity contribution in [2.45, 2.75) is 6.92 Å². The van der Waals surface area contributed by atoms with Crippen molar-refractivity contribution in [3.63, 3.8) is 0 Å². The fourth-order valence-electron chi connectivity index (χ4n) is 2.77. The SMILES string of the molecule is Cc1cncc(-c2ccnc(C(=O)Nc3cn(C)nc3-c3ccccn3)n2)c1. The second kappa shape index (κ2) is 7.36. The van der Waals surface area contributed by atoms with Crippen LogP contribution in [-0.4, -0.2) is 35.6 Å². The first-order valence-electron chi connectivity index (χ1n) is 8.61. The van der Waals surface area contributed by atoms with Gasteiger partial charge >= 0.3 is 0 Å². The molecule has 0 bridgehead atoms. The van der Waals surface area contributed by atoms with E-state index in [9.17, 15) is 4.79 Å². The molecule has 0 aliphatic heterocycles. The summed E-state index contributed by atoms with van der Waals surface area (Å²) in [6.45, 7) is 1.95. The molecule has 138 valence electrons. The van der Waals surface area contributed by atoms with Crippen molar-refractivity contribution >= 4 is 11.6 Å². The second-order valence-corrected chi connectivity index (χ2v) is 6.25. The topological polar surface area (TPSA) is 98.5 Å². The highest BCUT2D eigenvalue weighted by Gasteiger charge is 2.17. The van der Waals surface area contributed by atoms with E-state index < -0.39 is 5.91 Å². The second-order valence-electron chi connectivity index (χ2n) is 6.25. The van der Waals surface area contributed by atoms with Crippen LogP contribution < -0.4 is 5.32 Å². The van der Waals surface area contributed by atoms with E-state index >= 15 is 0 Å². The quantitative estimate of drug-likeness (QED) is 0.592. The molecule has 0 aromatic carbocycles. The molecule has 1 amide bonds. The van der Waals surface area contributed by atoms with Gasteiger partial charge in [0, 0.05) is 43.6 Å². The molecule has 0 fully saturated rings. The van der Waals surface area contributed by atoms with Crippen LogP contribution in [-0.2, 0) is 7.05 Å². The standard InChI is InChI=1S/C20H17N7O/c1-13-9-14(11-21-10-13)15-6-8-23-19(24-15)20(28)25-17-12-27(2)26-18(17)16-5-3-4-7-22-16/h3-12H,1-2H3,(H,25,28). The van der Waals surface area contributed by atoms with Gasteiger partial charge in [0.1, 0.15) is 5.69 Å². The number of aromatic nitrogens is 6. The van der Waals surface area contributed by atoms with Crippen molar-refractivity contribution < 1.29 is 4.79 Å². The third kappa shape index (κ3) is 3.61. The molecule has 4 aromatic rings. The van der Waals surface area contributed by atoms with Crippen molar-refractivity contribution in [3.05, 3.63) is 72.7 Å². The molecule has 0 aliphatic rings. The number of rotatable bonds is 4. The highest BCUT2D eigenvalue weighted by Crippen LogP contribution is 2.24. The highest BCUT2D eigenvalue weighted by atomic mass is 16.2. The molecule has 0 aliphatic carbocycles. The predicted molar refractivity (Wildman–Crippen MR) is 104 cm³/mol. The van der Waals surface area contributed by atoms with E-state index in [0.29, 0.717) is 22.8 Å². The summed E-state index contributed by atoms with van der Waals surface area (Å²) in [5.41, 5.74) is 4.25. The zero-order valence-electron chi connectivity index (χ0n) is 15.4. The number of aryl methyl sites for hydroxylation is 2. The summed E-state index contributed by atoms with van der Waals surface area (Å²) >= 11 is 0. The van der Waals surface area contributed by atoms with Crippen LogP contribution in [0.3, 0.4) is 0 Å². The Labute approximate surface area is 161 Å². The number of nitrogens with zero attached hydrogens (tertiary/aromatic N) is 6. The monoisotopic (exact) mass is 371 g/mol. The summed E-state index contributed by atoms with van der Waals surface area (Å²) in [7, 11) is 1.78. The summed E-state index contributed by atoms with van der Waals surface area (Å²) in [6.07, 6.45) is 8.42. The molecule has 8 heteroatoms. The van der Waals surface area contributed by atoms with E-state index in [1.807, 2.05) is 31.2 Å². The minimum atomic E-state index is -0.423. The number of pyridine rings is 2. The Morgan fingerprint density at radius 2 is 1.96 bits per heavy atom. The molecular weight excluding hydrogens is 354 g/mol. The molecule has 0 saturated heterocycles. The number of hydrogen-bond donors (Lipinski definition) is 1. The van der Waals surface area contributed by atoms with Gasteiger partial charge < -0.3 is 5.32 Å². The van der Waals surface area contributed by atoms with Gasteiger partial charge in [-0.3, -0.25) is 19.4 Å². The first-order chi connectivity index (χ1) is 13.6. The number of carbonyl (C=O) groups excluding carboxylic acids is 1. The van der Waals surface area contributed by atoms with Gasteiger partial charge in [0.25, 0.3) is 5.91 Å². The van der Waals surface area contributed by atoms with Gasteiger partial charge in [-0.05, 0) is 36.8 Å². The Hall–Kier alpha value is -3.94. The Morgan fingerprint density at radius 1 is 1.07 bits per heavy atom. The normalized spacial score (nSPS) is 10.6. The van der Waals surface area contributed by atoms with Crippen molar-refractivity contribution in [2.24, 2.45) is 7.05 Å². The number of anilines is 1. The zero-order valence-corrected chi connectivity index (χ0v) is 15.4. The van der Waals surface area contributed by atoms with E-state index in [1.54, 1.807) is 48.8 Å². The lowest BCUT2D eigenvalue weighted by Gasteiger charge is -2.06. The first-order valence-corrected chi connectivity index (χ1v) is 8.61. The van der Waals surface area contributed by atoms with E-state index in [-0.39, 0.29) is 5.82 Å². The molecule has 4 heterocycles. The van der Waals surface area contributed by atoms with E-state index in [1.165, 1.54) is 0 Å². The molecule has 0 unspecified atom stereocenters. The Kier molecular flexibility index (Phi) is 4.59. The Balaban J connectivity index is 1.63. The van der Waals surface area contributed by atoms with Crippen LogP contribution in [0.2, 0.25) is 0 Å². The van der Waals surface area contributed by atoms with Gasteiger partial charge in [-0.15, -0.1) is 0 Å². The molecular formula is C20H17N7O. The average Bonchev–Trinajstić information content (AvgIpc) is 3.09. The maximum absolute atomic E-state index is 12.7. The van der Waals surface area contributed by atoms with Crippen molar-refractivity contribution in [1.82, 2.24) is 29.7 Å². The summed E-state index contributed by atoms with van der Waals surface area (Å²) < 4.78 is 1.62. The first kappa shape index (κ1) is 17.5. The van der Waals surface area contributed by atoms with Gasteiger partial charge in [-0.1, -0.05) is 6.07 Å². The van der Waals surface area contributed by atoms with Crippen LogP contribution in [0, 0.1) is 6.92 Å². The smallest absolute Gasteiger partial charge is 0.293 e. The predicted octanol–water partition coefficient (Wildman–Crippen LogP) is 2.89. The molecule has 1 N–H and O–H groups in total. The summed E-state index contributed by atoms with van der Waals surface area (Å²) in [4.78, 5) is 29.7. The lowest BCUT2D eigenvalue weighted by molar-refractivity contribution is 0.101. The molecule has 28 heavy (non-hydrogen) atoms. The Morgan fingerprint density at radius 3 is 2.75 bits per heavy atom. The van der Waals surface area contributed by atoms with E-state index in [2.05, 4.69) is 30.4 Å². The number of hydrogen-bond acceptors (Lipinski definition) is 6. The summed E-state index contributed by atoms with van der Waals surface area (Å²) in [5.74, 6) is -0.359.